The summed E-state index contributed by atoms with van der Waals surface area (Å²) in [5.74, 6) is -1.04. The number of aromatic carboxylic acids is 1. The molecule has 7 heteroatoms. The molecule has 98 valence electrons. The summed E-state index contributed by atoms with van der Waals surface area (Å²) in [4.78, 5) is 24.4. The van der Waals surface area contributed by atoms with Crippen molar-refractivity contribution in [2.45, 2.75) is 0 Å². The van der Waals surface area contributed by atoms with Crippen LogP contribution >= 0.6 is 11.7 Å². The van der Waals surface area contributed by atoms with Crippen molar-refractivity contribution in [3.63, 3.8) is 0 Å². The van der Waals surface area contributed by atoms with Gasteiger partial charge in [0.05, 0.1) is 18.3 Å². The van der Waals surface area contributed by atoms with Crippen molar-refractivity contribution in [3.05, 3.63) is 41.6 Å². The molecular formula is C12H11N3O3S. The highest BCUT2D eigenvalue weighted by molar-refractivity contribution is 6.99. The number of likely N-dealkylation sites (N-methyl/N-ethyl adjacent to an activating group) is 1. The standard InChI is InChI=1S/C12H11N3O3S/c1-15(11-10(12(17)18)13-19-14-11)7-9(16)8-5-3-2-4-6-8/h2-6H,7H2,1H3,(H,17,18). The fourth-order valence-corrected chi connectivity index (χ4v) is 2.16. The van der Waals surface area contributed by atoms with Gasteiger partial charge in [0, 0.05) is 12.6 Å². The van der Waals surface area contributed by atoms with Crippen molar-refractivity contribution in [2.24, 2.45) is 0 Å². The van der Waals surface area contributed by atoms with Crippen molar-refractivity contribution >= 4 is 29.3 Å². The first-order chi connectivity index (χ1) is 9.09. The van der Waals surface area contributed by atoms with E-state index < -0.39 is 5.97 Å². The summed E-state index contributed by atoms with van der Waals surface area (Å²) in [6.07, 6.45) is 0. The van der Waals surface area contributed by atoms with Gasteiger partial charge in [-0.3, -0.25) is 4.79 Å². The molecule has 0 bridgehead atoms. The maximum absolute atomic E-state index is 12.0. The molecule has 19 heavy (non-hydrogen) atoms. The molecule has 0 unspecified atom stereocenters. The van der Waals surface area contributed by atoms with Crippen LogP contribution in [-0.2, 0) is 0 Å². The highest BCUT2D eigenvalue weighted by Crippen LogP contribution is 2.17. The van der Waals surface area contributed by atoms with Crippen LogP contribution in [-0.4, -0.2) is 39.2 Å². The Hall–Kier alpha value is -2.28. The van der Waals surface area contributed by atoms with Gasteiger partial charge in [-0.1, -0.05) is 30.3 Å². The molecule has 0 spiro atoms. The average Bonchev–Trinajstić information content (AvgIpc) is 2.89. The molecule has 2 rings (SSSR count). The minimum atomic E-state index is -1.15. The normalized spacial score (nSPS) is 10.2. The maximum atomic E-state index is 12.0. The zero-order valence-corrected chi connectivity index (χ0v) is 10.9. The number of hydrogen-bond acceptors (Lipinski definition) is 6. The Bertz CT molecular complexity index is 597. The Labute approximate surface area is 113 Å². The van der Waals surface area contributed by atoms with E-state index in [1.807, 2.05) is 6.07 Å². The summed E-state index contributed by atoms with van der Waals surface area (Å²) < 4.78 is 7.60. The molecule has 0 saturated carbocycles. The summed E-state index contributed by atoms with van der Waals surface area (Å²) in [6, 6.07) is 8.81. The predicted molar refractivity (Wildman–Crippen MR) is 70.9 cm³/mol. The highest BCUT2D eigenvalue weighted by atomic mass is 32.1. The van der Waals surface area contributed by atoms with Crippen LogP contribution in [0.1, 0.15) is 20.8 Å². The number of rotatable bonds is 5. The number of anilines is 1. The third kappa shape index (κ3) is 2.94. The number of nitrogens with zero attached hydrogens (tertiary/aromatic N) is 3. The van der Waals surface area contributed by atoms with Crippen LogP contribution in [0.2, 0.25) is 0 Å². The lowest BCUT2D eigenvalue weighted by Crippen LogP contribution is -2.27. The molecule has 0 fully saturated rings. The third-order valence-corrected chi connectivity index (χ3v) is 3.03. The fourth-order valence-electron chi connectivity index (χ4n) is 1.57. The van der Waals surface area contributed by atoms with Crippen LogP contribution in [0.25, 0.3) is 0 Å². The molecule has 6 nitrogen and oxygen atoms in total. The van der Waals surface area contributed by atoms with E-state index >= 15 is 0 Å². The second-order valence-corrected chi connectivity index (χ2v) is 4.42. The zero-order valence-electron chi connectivity index (χ0n) is 10.1. The molecule has 1 aromatic carbocycles. The van der Waals surface area contributed by atoms with Gasteiger partial charge in [0.15, 0.2) is 11.6 Å². The molecule has 0 aliphatic rings. The number of carbonyl (C=O) groups excluding carboxylic acids is 1. The second kappa shape index (κ2) is 5.57. The molecule has 0 amide bonds. The number of carboxylic acid groups (broad SMARTS) is 1. The number of carboxylic acids is 1. The topological polar surface area (TPSA) is 83.4 Å². The second-order valence-electron chi connectivity index (χ2n) is 3.89. The summed E-state index contributed by atoms with van der Waals surface area (Å²) in [5.41, 5.74) is 0.447. The van der Waals surface area contributed by atoms with E-state index in [-0.39, 0.29) is 23.8 Å². The van der Waals surface area contributed by atoms with E-state index in [1.165, 1.54) is 4.90 Å². The van der Waals surface area contributed by atoms with Gasteiger partial charge >= 0.3 is 5.97 Å². The Morgan fingerprint density at radius 2 is 1.95 bits per heavy atom. The van der Waals surface area contributed by atoms with Crippen LogP contribution in [0.3, 0.4) is 0 Å². The Morgan fingerprint density at radius 1 is 1.26 bits per heavy atom. The van der Waals surface area contributed by atoms with Crippen LogP contribution in [0.5, 0.6) is 0 Å². The van der Waals surface area contributed by atoms with Gasteiger partial charge in [-0.25, -0.2) is 4.79 Å². The SMILES string of the molecule is CN(CC(=O)c1ccccc1)c1nsnc1C(=O)O. The van der Waals surface area contributed by atoms with Crippen LogP contribution < -0.4 is 4.90 Å². The smallest absolute Gasteiger partial charge is 0.359 e. The lowest BCUT2D eigenvalue weighted by molar-refractivity contribution is 0.0691. The van der Waals surface area contributed by atoms with Crippen molar-refractivity contribution in [1.29, 1.82) is 0 Å². The number of Topliss-reactive ketones (excluding diaryl/α,β-unsaturated/α-hetero) is 1. The molecule has 0 radical (unpaired) electrons. The van der Waals surface area contributed by atoms with Crippen LogP contribution in [0, 0.1) is 0 Å². The Balaban J connectivity index is 2.13. The quantitative estimate of drug-likeness (QED) is 0.835. The van der Waals surface area contributed by atoms with Crippen molar-refractivity contribution < 1.29 is 14.7 Å². The van der Waals surface area contributed by atoms with E-state index in [9.17, 15) is 9.59 Å². The van der Waals surface area contributed by atoms with Crippen LogP contribution in [0.15, 0.2) is 30.3 Å². The third-order valence-electron chi connectivity index (χ3n) is 2.51. The average molecular weight is 277 g/mol. The molecule has 1 aromatic heterocycles. The number of hydrogen-bond donors (Lipinski definition) is 1. The fraction of sp³-hybridized carbons (Fsp3) is 0.167. The number of aromatic nitrogens is 2. The van der Waals surface area contributed by atoms with Crippen LogP contribution in [0.4, 0.5) is 5.82 Å². The van der Waals surface area contributed by atoms with Crippen molar-refractivity contribution in [3.8, 4) is 0 Å². The predicted octanol–water partition coefficient (Wildman–Crippen LogP) is 1.56. The molecule has 1 heterocycles. The number of ketones is 1. The Morgan fingerprint density at radius 3 is 2.58 bits per heavy atom. The summed E-state index contributed by atoms with van der Waals surface area (Å²) in [5, 5.41) is 8.95. The molecule has 1 N–H and O–H groups in total. The van der Waals surface area contributed by atoms with E-state index in [4.69, 9.17) is 5.11 Å². The molecule has 0 saturated heterocycles. The minimum Gasteiger partial charge on any atom is -0.476 e. The van der Waals surface area contributed by atoms with E-state index in [2.05, 4.69) is 8.75 Å². The van der Waals surface area contributed by atoms with Gasteiger partial charge in [0.25, 0.3) is 0 Å². The first kappa shape index (κ1) is 13.2. The lowest BCUT2D eigenvalue weighted by atomic mass is 10.1. The van der Waals surface area contributed by atoms with Gasteiger partial charge in [0.1, 0.15) is 0 Å². The molecule has 0 aliphatic carbocycles. The van der Waals surface area contributed by atoms with Crippen molar-refractivity contribution in [1.82, 2.24) is 8.75 Å². The minimum absolute atomic E-state index is 0.0513. The maximum Gasteiger partial charge on any atom is 0.359 e. The van der Waals surface area contributed by atoms with E-state index in [0.29, 0.717) is 5.56 Å². The van der Waals surface area contributed by atoms with Gasteiger partial charge in [-0.05, 0) is 0 Å². The highest BCUT2D eigenvalue weighted by Gasteiger charge is 2.20. The van der Waals surface area contributed by atoms with Gasteiger partial charge in [0.2, 0.25) is 5.69 Å². The molecule has 0 aliphatic heterocycles. The lowest BCUT2D eigenvalue weighted by Gasteiger charge is -2.15. The summed E-state index contributed by atoms with van der Waals surface area (Å²) in [7, 11) is 1.62. The molecule has 0 atom stereocenters. The van der Waals surface area contributed by atoms with Gasteiger partial charge in [-0.2, -0.15) is 8.75 Å². The zero-order chi connectivity index (χ0) is 13.8. The largest absolute Gasteiger partial charge is 0.476 e. The summed E-state index contributed by atoms with van der Waals surface area (Å²) in [6.45, 7) is 0.0513. The molecule has 2 aromatic rings. The number of carbonyl (C=O) groups is 2. The van der Waals surface area contributed by atoms with Gasteiger partial charge < -0.3 is 10.0 Å². The first-order valence-electron chi connectivity index (χ1n) is 5.45. The van der Waals surface area contributed by atoms with E-state index in [0.717, 1.165) is 11.7 Å². The van der Waals surface area contributed by atoms with Gasteiger partial charge in [-0.15, -0.1) is 0 Å². The first-order valence-corrected chi connectivity index (χ1v) is 6.18. The van der Waals surface area contributed by atoms with Crippen molar-refractivity contribution in [2.75, 3.05) is 18.5 Å². The number of benzene rings is 1. The van der Waals surface area contributed by atoms with E-state index in [1.54, 1.807) is 31.3 Å². The summed E-state index contributed by atoms with van der Waals surface area (Å²) >= 11 is 0.812. The monoisotopic (exact) mass is 277 g/mol. The Kier molecular flexibility index (Phi) is 3.86. The molecular weight excluding hydrogens is 266 g/mol.